The number of ether oxygens (including phenoxy) is 2. The van der Waals surface area contributed by atoms with Gasteiger partial charge in [0.05, 0.1) is 12.4 Å². The Labute approximate surface area is 152 Å². The van der Waals surface area contributed by atoms with E-state index in [1.807, 2.05) is 54.8 Å². The summed E-state index contributed by atoms with van der Waals surface area (Å²) >= 11 is 1.39. The second-order valence-electron chi connectivity index (χ2n) is 5.61. The zero-order valence-corrected chi connectivity index (χ0v) is 15.6. The van der Waals surface area contributed by atoms with Gasteiger partial charge in [-0.15, -0.1) is 11.8 Å². The fourth-order valence-electron chi connectivity index (χ4n) is 2.53. The average molecular weight is 361 g/mol. The fraction of sp³-hybridized carbons (Fsp3) is 0.368. The number of benzene rings is 1. The lowest BCUT2D eigenvalue weighted by atomic mass is 10.1. The lowest BCUT2D eigenvalue weighted by molar-refractivity contribution is -0.139. The van der Waals surface area contributed by atoms with Gasteiger partial charge in [0.1, 0.15) is 0 Å². The lowest BCUT2D eigenvalue weighted by Crippen LogP contribution is -2.16. The quantitative estimate of drug-likeness (QED) is 0.390. The fourth-order valence-corrected chi connectivity index (χ4v) is 3.25. The normalized spacial score (nSPS) is 10.7. The molecular weight excluding hydrogens is 338 g/mol. The van der Waals surface area contributed by atoms with E-state index in [-0.39, 0.29) is 18.1 Å². The molecule has 25 heavy (non-hydrogen) atoms. The number of esters is 1. The van der Waals surface area contributed by atoms with Crippen molar-refractivity contribution in [3.63, 3.8) is 0 Å². The summed E-state index contributed by atoms with van der Waals surface area (Å²) in [6.07, 6.45) is 0. The highest BCUT2D eigenvalue weighted by atomic mass is 32.2. The van der Waals surface area contributed by atoms with Crippen molar-refractivity contribution in [1.29, 1.82) is 0 Å². The van der Waals surface area contributed by atoms with Crippen LogP contribution in [0.15, 0.2) is 41.3 Å². The molecule has 0 spiro atoms. The number of ketones is 1. The lowest BCUT2D eigenvalue weighted by Gasteiger charge is -2.09. The van der Waals surface area contributed by atoms with Crippen LogP contribution in [-0.4, -0.2) is 42.4 Å². The maximum absolute atomic E-state index is 12.4. The molecule has 0 radical (unpaired) electrons. The number of aromatic nitrogens is 1. The average Bonchev–Trinajstić information content (AvgIpc) is 2.91. The number of methoxy groups -OCH3 is 1. The minimum atomic E-state index is -0.393. The number of carbonyl (C=O) groups is 2. The van der Waals surface area contributed by atoms with Crippen molar-refractivity contribution in [2.45, 2.75) is 25.3 Å². The van der Waals surface area contributed by atoms with Crippen LogP contribution in [-0.2, 0) is 20.8 Å². The van der Waals surface area contributed by atoms with Crippen molar-refractivity contribution in [3.05, 3.63) is 53.3 Å². The van der Waals surface area contributed by atoms with Gasteiger partial charge in [0.15, 0.2) is 6.61 Å². The van der Waals surface area contributed by atoms with Gasteiger partial charge in [-0.25, -0.2) is 0 Å². The highest BCUT2D eigenvalue weighted by Crippen LogP contribution is 2.18. The highest BCUT2D eigenvalue weighted by Gasteiger charge is 2.17. The van der Waals surface area contributed by atoms with Crippen molar-refractivity contribution in [3.8, 4) is 0 Å². The maximum Gasteiger partial charge on any atom is 0.316 e. The number of Topliss-reactive ketones (excluding diaryl/α,β-unsaturated/α-hetero) is 1. The van der Waals surface area contributed by atoms with Crippen LogP contribution >= 0.6 is 11.8 Å². The van der Waals surface area contributed by atoms with Crippen LogP contribution in [0.3, 0.4) is 0 Å². The number of aryl methyl sites for hydroxylation is 1. The molecule has 134 valence electrons. The molecule has 0 aliphatic carbocycles. The molecule has 0 atom stereocenters. The van der Waals surface area contributed by atoms with E-state index < -0.39 is 5.97 Å². The van der Waals surface area contributed by atoms with Gasteiger partial charge in [-0.2, -0.15) is 0 Å². The Morgan fingerprint density at radius 3 is 2.56 bits per heavy atom. The van der Waals surface area contributed by atoms with E-state index in [0.29, 0.717) is 18.7 Å². The number of hydrogen-bond acceptors (Lipinski definition) is 5. The Kier molecular flexibility index (Phi) is 7.28. The van der Waals surface area contributed by atoms with Crippen molar-refractivity contribution < 1.29 is 19.1 Å². The third-order valence-electron chi connectivity index (χ3n) is 3.86. The molecule has 0 amide bonds. The number of thioether (sulfide) groups is 1. The van der Waals surface area contributed by atoms with E-state index in [0.717, 1.165) is 16.3 Å². The number of carbonyl (C=O) groups excluding carboxylic acids is 2. The van der Waals surface area contributed by atoms with Gasteiger partial charge in [0.2, 0.25) is 5.78 Å². The molecule has 0 bridgehead atoms. The molecule has 1 heterocycles. The first kappa shape index (κ1) is 19.3. The highest BCUT2D eigenvalue weighted by molar-refractivity contribution is 8.00. The zero-order chi connectivity index (χ0) is 18.2. The summed E-state index contributed by atoms with van der Waals surface area (Å²) in [4.78, 5) is 25.2. The standard InChI is InChI=1S/C19H23NO4S/c1-14-11-17(15(2)20(14)9-10-23-3)18(21)12-24-19(22)13-25-16-7-5-4-6-8-16/h4-8,11H,9-10,12-13H2,1-3H3. The summed E-state index contributed by atoms with van der Waals surface area (Å²) in [5, 5.41) is 0. The summed E-state index contributed by atoms with van der Waals surface area (Å²) in [6, 6.07) is 11.4. The molecule has 2 aromatic rings. The summed E-state index contributed by atoms with van der Waals surface area (Å²) in [5.41, 5.74) is 2.45. The molecule has 2 rings (SSSR count). The first-order chi connectivity index (χ1) is 12.0. The molecular formula is C19H23NO4S. The summed E-state index contributed by atoms with van der Waals surface area (Å²) in [6.45, 7) is 4.87. The second-order valence-corrected chi connectivity index (χ2v) is 6.66. The van der Waals surface area contributed by atoms with Crippen molar-refractivity contribution in [2.24, 2.45) is 0 Å². The Morgan fingerprint density at radius 2 is 1.88 bits per heavy atom. The van der Waals surface area contributed by atoms with Gasteiger partial charge in [-0.05, 0) is 32.0 Å². The van der Waals surface area contributed by atoms with Crippen LogP contribution in [0.2, 0.25) is 0 Å². The molecule has 1 aromatic carbocycles. The molecule has 5 nitrogen and oxygen atoms in total. The van der Waals surface area contributed by atoms with E-state index >= 15 is 0 Å². The summed E-state index contributed by atoms with van der Waals surface area (Å²) in [7, 11) is 1.65. The van der Waals surface area contributed by atoms with Crippen LogP contribution in [0.1, 0.15) is 21.7 Å². The van der Waals surface area contributed by atoms with Gasteiger partial charge in [-0.1, -0.05) is 18.2 Å². The second kappa shape index (κ2) is 9.44. The smallest absolute Gasteiger partial charge is 0.316 e. The Balaban J connectivity index is 1.86. The molecule has 0 saturated heterocycles. The van der Waals surface area contributed by atoms with E-state index in [1.54, 1.807) is 7.11 Å². The van der Waals surface area contributed by atoms with E-state index in [2.05, 4.69) is 0 Å². The first-order valence-electron chi connectivity index (χ1n) is 8.05. The van der Waals surface area contributed by atoms with Crippen LogP contribution in [0.4, 0.5) is 0 Å². The number of hydrogen-bond donors (Lipinski definition) is 0. The molecule has 0 fully saturated rings. The van der Waals surface area contributed by atoms with E-state index in [1.165, 1.54) is 11.8 Å². The van der Waals surface area contributed by atoms with Crippen LogP contribution in [0.25, 0.3) is 0 Å². The largest absolute Gasteiger partial charge is 0.457 e. The maximum atomic E-state index is 12.4. The van der Waals surface area contributed by atoms with Crippen LogP contribution in [0.5, 0.6) is 0 Å². The molecule has 0 aliphatic heterocycles. The molecule has 0 aliphatic rings. The Bertz CT molecular complexity index is 725. The van der Waals surface area contributed by atoms with Crippen molar-refractivity contribution in [1.82, 2.24) is 4.57 Å². The summed E-state index contributed by atoms with van der Waals surface area (Å²) < 4.78 is 12.2. The summed E-state index contributed by atoms with van der Waals surface area (Å²) in [5.74, 6) is -0.394. The van der Waals surface area contributed by atoms with Crippen molar-refractivity contribution >= 4 is 23.5 Å². The monoisotopic (exact) mass is 361 g/mol. The zero-order valence-electron chi connectivity index (χ0n) is 14.8. The molecule has 6 heteroatoms. The van der Waals surface area contributed by atoms with Gasteiger partial charge in [0.25, 0.3) is 0 Å². The van der Waals surface area contributed by atoms with Gasteiger partial charge >= 0.3 is 5.97 Å². The van der Waals surface area contributed by atoms with Crippen LogP contribution < -0.4 is 0 Å². The topological polar surface area (TPSA) is 57.5 Å². The first-order valence-corrected chi connectivity index (χ1v) is 9.03. The number of rotatable bonds is 9. The Hall–Kier alpha value is -2.05. The Morgan fingerprint density at radius 1 is 1.16 bits per heavy atom. The molecule has 1 aromatic heterocycles. The number of nitrogens with zero attached hydrogens (tertiary/aromatic N) is 1. The third kappa shape index (κ3) is 5.47. The minimum Gasteiger partial charge on any atom is -0.457 e. The SMILES string of the molecule is COCCn1c(C)cc(C(=O)COC(=O)CSc2ccccc2)c1C. The third-order valence-corrected chi connectivity index (χ3v) is 4.84. The van der Waals surface area contributed by atoms with E-state index in [4.69, 9.17) is 9.47 Å². The predicted octanol–water partition coefficient (Wildman–Crippen LogP) is 3.27. The van der Waals surface area contributed by atoms with E-state index in [9.17, 15) is 9.59 Å². The molecule has 0 unspecified atom stereocenters. The van der Waals surface area contributed by atoms with Gasteiger partial charge in [0, 0.05) is 35.5 Å². The molecule has 0 N–H and O–H groups in total. The predicted molar refractivity (Wildman–Crippen MR) is 98.2 cm³/mol. The van der Waals surface area contributed by atoms with Gasteiger partial charge in [-0.3, -0.25) is 9.59 Å². The van der Waals surface area contributed by atoms with Crippen molar-refractivity contribution in [2.75, 3.05) is 26.1 Å². The van der Waals surface area contributed by atoms with Gasteiger partial charge < -0.3 is 14.0 Å². The van der Waals surface area contributed by atoms with Crippen LogP contribution in [0, 0.1) is 13.8 Å². The minimum absolute atomic E-state index is 0.185. The molecule has 0 saturated carbocycles.